The second-order valence-corrected chi connectivity index (χ2v) is 4.25. The molecule has 21 heavy (non-hydrogen) atoms. The van der Waals surface area contributed by atoms with E-state index in [0.29, 0.717) is 5.69 Å². The van der Waals surface area contributed by atoms with Crippen molar-refractivity contribution in [2.75, 3.05) is 5.73 Å². The normalized spacial score (nSPS) is 10.1. The fourth-order valence-corrected chi connectivity index (χ4v) is 1.63. The van der Waals surface area contributed by atoms with E-state index in [0.717, 1.165) is 6.07 Å². The van der Waals surface area contributed by atoms with Gasteiger partial charge in [0, 0.05) is 17.3 Å². The smallest absolute Gasteiger partial charge is 0.312 e. The molecule has 0 aliphatic heterocycles. The van der Waals surface area contributed by atoms with Crippen LogP contribution in [0, 0.1) is 17.0 Å². The Bertz CT molecular complexity index is 730. The summed E-state index contributed by atoms with van der Waals surface area (Å²) in [6, 6.07) is 6.93. The summed E-state index contributed by atoms with van der Waals surface area (Å²) in [7, 11) is 0. The van der Waals surface area contributed by atoms with Crippen LogP contribution in [0.15, 0.2) is 30.3 Å². The molecule has 2 rings (SSSR count). The van der Waals surface area contributed by atoms with Crippen LogP contribution in [0.25, 0.3) is 0 Å². The molecule has 0 aliphatic carbocycles. The number of carbonyl (C=O) groups excluding carboxylic acids is 1. The highest BCUT2D eigenvalue weighted by atomic mass is 16.6. The number of hydrogen-bond donors (Lipinski definition) is 2. The molecule has 0 aliphatic rings. The highest BCUT2D eigenvalue weighted by Gasteiger charge is 2.19. The van der Waals surface area contributed by atoms with Crippen LogP contribution in [0.2, 0.25) is 0 Å². The lowest BCUT2D eigenvalue weighted by molar-refractivity contribution is -0.385. The van der Waals surface area contributed by atoms with E-state index in [1.54, 1.807) is 19.1 Å². The third kappa shape index (κ3) is 3.06. The minimum Gasteiger partial charge on any atom is -0.430 e. The molecule has 0 unspecified atom stereocenters. The number of nitro groups is 1. The van der Waals surface area contributed by atoms with Crippen molar-refractivity contribution in [3.8, 4) is 11.6 Å². The third-order valence-corrected chi connectivity index (χ3v) is 2.68. The van der Waals surface area contributed by atoms with E-state index < -0.39 is 16.5 Å². The maximum atomic E-state index is 11.1. The number of nitrogens with two attached hydrogens (primary N) is 2. The predicted octanol–water partition coefficient (Wildman–Crippen LogP) is 1.77. The molecule has 0 bridgehead atoms. The van der Waals surface area contributed by atoms with Crippen molar-refractivity contribution in [2.45, 2.75) is 6.92 Å². The molecule has 8 nitrogen and oxygen atoms in total. The van der Waals surface area contributed by atoms with Crippen molar-refractivity contribution in [3.63, 3.8) is 0 Å². The molecule has 108 valence electrons. The summed E-state index contributed by atoms with van der Waals surface area (Å²) in [5, 5.41) is 11.1. The maximum Gasteiger partial charge on any atom is 0.312 e. The summed E-state index contributed by atoms with van der Waals surface area (Å²) >= 11 is 0. The topological polar surface area (TPSA) is 134 Å². The average Bonchev–Trinajstić information content (AvgIpc) is 2.42. The van der Waals surface area contributed by atoms with Crippen LogP contribution in [0.3, 0.4) is 0 Å². The van der Waals surface area contributed by atoms with Crippen LogP contribution in [0.1, 0.15) is 16.1 Å². The fourth-order valence-electron chi connectivity index (χ4n) is 1.63. The molecule has 4 N–H and O–H groups in total. The van der Waals surface area contributed by atoms with E-state index in [-0.39, 0.29) is 22.9 Å². The summed E-state index contributed by atoms with van der Waals surface area (Å²) in [5.41, 5.74) is 11.3. The first kappa shape index (κ1) is 14.3. The molecule has 8 heteroatoms. The van der Waals surface area contributed by atoms with Crippen LogP contribution in [-0.2, 0) is 0 Å². The Kier molecular flexibility index (Phi) is 3.70. The van der Waals surface area contributed by atoms with Gasteiger partial charge in [-0.2, -0.15) is 0 Å². The van der Waals surface area contributed by atoms with Gasteiger partial charge in [-0.25, -0.2) is 4.98 Å². The number of aryl methyl sites for hydroxylation is 1. The van der Waals surface area contributed by atoms with Crippen molar-refractivity contribution < 1.29 is 14.5 Å². The van der Waals surface area contributed by atoms with Crippen LogP contribution in [0.4, 0.5) is 11.4 Å². The van der Waals surface area contributed by atoms with Gasteiger partial charge in [-0.3, -0.25) is 14.9 Å². The molecule has 1 aromatic carbocycles. The van der Waals surface area contributed by atoms with E-state index in [2.05, 4.69) is 4.98 Å². The lowest BCUT2D eigenvalue weighted by Gasteiger charge is -2.09. The molecule has 1 heterocycles. The van der Waals surface area contributed by atoms with Gasteiger partial charge in [0.25, 0.3) is 0 Å². The maximum absolute atomic E-state index is 11.1. The van der Waals surface area contributed by atoms with Gasteiger partial charge < -0.3 is 16.2 Å². The van der Waals surface area contributed by atoms with Gasteiger partial charge >= 0.3 is 5.69 Å². The number of anilines is 1. The Morgan fingerprint density at radius 3 is 2.67 bits per heavy atom. The van der Waals surface area contributed by atoms with E-state index >= 15 is 0 Å². The van der Waals surface area contributed by atoms with E-state index in [9.17, 15) is 14.9 Å². The van der Waals surface area contributed by atoms with Gasteiger partial charge in [0.1, 0.15) is 0 Å². The average molecular weight is 288 g/mol. The molecule has 1 aromatic heterocycles. The Morgan fingerprint density at radius 1 is 1.33 bits per heavy atom. The number of amides is 1. The van der Waals surface area contributed by atoms with Crippen LogP contribution in [0.5, 0.6) is 11.6 Å². The van der Waals surface area contributed by atoms with Gasteiger partial charge in [0.15, 0.2) is 0 Å². The second-order valence-electron chi connectivity index (χ2n) is 4.25. The van der Waals surface area contributed by atoms with Gasteiger partial charge in [-0.05, 0) is 31.2 Å². The number of rotatable bonds is 4. The fraction of sp³-hybridized carbons (Fsp3) is 0.0769. The van der Waals surface area contributed by atoms with Crippen LogP contribution >= 0.6 is 0 Å². The Balaban J connectivity index is 2.46. The number of nitro benzene ring substituents is 1. The number of nitrogens with zero attached hydrogens (tertiary/aromatic N) is 2. The summed E-state index contributed by atoms with van der Waals surface area (Å²) in [4.78, 5) is 25.5. The molecule has 0 saturated heterocycles. The molecule has 1 amide bonds. The van der Waals surface area contributed by atoms with Crippen molar-refractivity contribution in [3.05, 3.63) is 51.7 Å². The molecule has 0 atom stereocenters. The minimum atomic E-state index is -0.766. The Hall–Kier alpha value is -3.16. The Labute approximate surface area is 119 Å². The van der Waals surface area contributed by atoms with E-state index in [1.807, 2.05) is 0 Å². The first-order valence-corrected chi connectivity index (χ1v) is 5.87. The number of pyridine rings is 1. The largest absolute Gasteiger partial charge is 0.430 e. The second kappa shape index (κ2) is 5.45. The molecular weight excluding hydrogens is 276 g/mol. The SMILES string of the molecule is Cc1ccc(N)c(Oc2ccc(C(N)=O)cc2[N+](=O)[O-])n1. The van der Waals surface area contributed by atoms with E-state index in [4.69, 9.17) is 16.2 Å². The molecule has 2 aromatic rings. The zero-order valence-electron chi connectivity index (χ0n) is 11.1. The quantitative estimate of drug-likeness (QED) is 0.650. The summed E-state index contributed by atoms with van der Waals surface area (Å²) < 4.78 is 5.39. The molecule has 0 radical (unpaired) electrons. The lowest BCUT2D eigenvalue weighted by atomic mass is 10.2. The zero-order valence-corrected chi connectivity index (χ0v) is 11.1. The third-order valence-electron chi connectivity index (χ3n) is 2.68. The minimum absolute atomic E-state index is 0.0132. The molecular formula is C13H12N4O4. The monoisotopic (exact) mass is 288 g/mol. The highest BCUT2D eigenvalue weighted by molar-refractivity contribution is 5.93. The van der Waals surface area contributed by atoms with Crippen LogP contribution in [-0.4, -0.2) is 15.8 Å². The van der Waals surface area contributed by atoms with Crippen molar-refractivity contribution in [1.29, 1.82) is 0 Å². The predicted molar refractivity (Wildman–Crippen MR) is 75.1 cm³/mol. The summed E-state index contributed by atoms with van der Waals surface area (Å²) in [6.45, 7) is 1.73. The zero-order chi connectivity index (χ0) is 15.6. The number of carbonyl (C=O) groups is 1. The first-order chi connectivity index (χ1) is 9.88. The summed E-state index contributed by atoms with van der Waals surface area (Å²) in [6.07, 6.45) is 0. The highest BCUT2D eigenvalue weighted by Crippen LogP contribution is 2.33. The molecule has 0 saturated carbocycles. The van der Waals surface area contributed by atoms with E-state index in [1.165, 1.54) is 12.1 Å². The number of primary amides is 1. The van der Waals surface area contributed by atoms with Crippen molar-refractivity contribution in [2.24, 2.45) is 5.73 Å². The number of hydrogen-bond acceptors (Lipinski definition) is 6. The van der Waals surface area contributed by atoms with Gasteiger partial charge in [0.05, 0.1) is 10.6 Å². The standard InChI is InChI=1S/C13H12N4O4/c1-7-2-4-9(14)13(16-7)21-11-5-3-8(12(15)18)6-10(11)17(19)20/h2-6H,14H2,1H3,(H2,15,18). The van der Waals surface area contributed by atoms with Gasteiger partial charge in [0.2, 0.25) is 17.5 Å². The summed E-state index contributed by atoms with van der Waals surface area (Å²) in [5.74, 6) is -0.780. The van der Waals surface area contributed by atoms with Crippen molar-refractivity contribution in [1.82, 2.24) is 4.98 Å². The molecule has 0 fully saturated rings. The van der Waals surface area contributed by atoms with Crippen LogP contribution < -0.4 is 16.2 Å². The van der Waals surface area contributed by atoms with Gasteiger partial charge in [-0.1, -0.05) is 0 Å². The van der Waals surface area contributed by atoms with Gasteiger partial charge in [-0.15, -0.1) is 0 Å². The number of aromatic nitrogens is 1. The lowest BCUT2D eigenvalue weighted by Crippen LogP contribution is -2.11. The molecule has 0 spiro atoms. The number of benzene rings is 1. The Morgan fingerprint density at radius 2 is 2.05 bits per heavy atom. The number of ether oxygens (including phenoxy) is 1. The first-order valence-electron chi connectivity index (χ1n) is 5.87. The number of nitrogen functional groups attached to an aromatic ring is 1. The van der Waals surface area contributed by atoms with Crippen molar-refractivity contribution >= 4 is 17.3 Å².